The van der Waals surface area contributed by atoms with E-state index in [0.717, 1.165) is 25.1 Å². The predicted octanol–water partition coefficient (Wildman–Crippen LogP) is 2.02. The van der Waals surface area contributed by atoms with Crippen molar-refractivity contribution >= 4 is 5.71 Å². The summed E-state index contributed by atoms with van der Waals surface area (Å²) < 4.78 is 0. The fraction of sp³-hybridized carbons (Fsp3) is 0.889. The summed E-state index contributed by atoms with van der Waals surface area (Å²) in [5, 5.41) is 9.90. The fourth-order valence-electron chi connectivity index (χ4n) is 1.15. The molecule has 2 nitrogen and oxygen atoms in total. The van der Waals surface area contributed by atoms with Crippen LogP contribution >= 0.6 is 0 Å². The summed E-state index contributed by atoms with van der Waals surface area (Å²) in [5.74, 6) is 0. The topological polar surface area (TPSA) is 32.6 Å². The van der Waals surface area contributed by atoms with E-state index in [1.54, 1.807) is 0 Å². The van der Waals surface area contributed by atoms with Crippen LogP contribution < -0.4 is 0 Å². The second-order valence-corrected chi connectivity index (χ2v) is 2.80. The first-order chi connectivity index (χ1) is 5.10. The molecule has 0 spiro atoms. The van der Waals surface area contributed by atoms with Crippen molar-refractivity contribution in [3.63, 3.8) is 0 Å². The Bertz CT molecular complexity index is 141. The molecular weight excluding hydrogens is 288 g/mol. The van der Waals surface area contributed by atoms with Gasteiger partial charge in [-0.2, -0.15) is 0 Å². The molecule has 12 heavy (non-hydrogen) atoms. The summed E-state index contributed by atoms with van der Waals surface area (Å²) in [4.78, 5) is 4.20. The molecule has 0 aliphatic carbocycles. The Morgan fingerprint density at radius 1 is 1.25 bits per heavy atom. The van der Waals surface area contributed by atoms with E-state index < -0.39 is 5.60 Å². The predicted molar refractivity (Wildman–Crippen MR) is 49.2 cm³/mol. The van der Waals surface area contributed by atoms with Gasteiger partial charge in [-0.15, -0.1) is 0 Å². The summed E-state index contributed by atoms with van der Waals surface area (Å²) in [6.07, 6.45) is 1.50. The molecule has 0 saturated carbocycles. The number of aliphatic imine (C=N–C) groups is 1. The molecule has 0 rings (SSSR count). The van der Waals surface area contributed by atoms with Gasteiger partial charge in [0.25, 0.3) is 0 Å². The normalized spacial score (nSPS) is 12.6. The minimum absolute atomic E-state index is 0. The average molecular weight is 308 g/mol. The van der Waals surface area contributed by atoms with Gasteiger partial charge in [0.15, 0.2) is 0 Å². The number of rotatable bonds is 4. The van der Waals surface area contributed by atoms with Crippen LogP contribution in [0.3, 0.4) is 0 Å². The molecule has 0 unspecified atom stereocenters. The molecule has 1 N–H and O–H groups in total. The van der Waals surface area contributed by atoms with Gasteiger partial charge >= 0.3 is 0 Å². The van der Waals surface area contributed by atoms with Crippen molar-refractivity contribution in [2.24, 2.45) is 4.99 Å². The van der Waals surface area contributed by atoms with Gasteiger partial charge in [-0.3, -0.25) is 4.99 Å². The molecule has 3 heteroatoms. The van der Waals surface area contributed by atoms with Crippen molar-refractivity contribution in [3.8, 4) is 0 Å². The van der Waals surface area contributed by atoms with E-state index in [0.29, 0.717) is 0 Å². The van der Waals surface area contributed by atoms with Gasteiger partial charge in [0.1, 0.15) is 5.60 Å². The number of hydrogen-bond acceptors (Lipinski definition) is 2. The van der Waals surface area contributed by atoms with Gasteiger partial charge < -0.3 is 5.11 Å². The molecule has 0 aliphatic rings. The minimum atomic E-state index is -0.657. The van der Waals surface area contributed by atoms with Crippen molar-refractivity contribution in [2.75, 3.05) is 6.54 Å². The number of nitrogens with zero attached hydrogens (tertiary/aromatic N) is 1. The van der Waals surface area contributed by atoms with Crippen molar-refractivity contribution in [2.45, 2.75) is 46.1 Å². The third-order valence-electron chi connectivity index (χ3n) is 2.24. The molecule has 72 valence electrons. The number of aliphatic hydroxyl groups is 1. The molecule has 0 aromatic carbocycles. The van der Waals surface area contributed by atoms with E-state index in [9.17, 15) is 5.11 Å². The molecule has 0 radical (unpaired) electrons. The summed E-state index contributed by atoms with van der Waals surface area (Å²) >= 11 is 0. The Labute approximate surface area is 108 Å². The second-order valence-electron chi connectivity index (χ2n) is 2.80. The van der Waals surface area contributed by atoms with Crippen LogP contribution in [0.5, 0.6) is 0 Å². The SMILES string of the molecule is CCN=C(C)C(O)(CC)CC.[Sm]. The van der Waals surface area contributed by atoms with Crippen LogP contribution in [0, 0.1) is 40.4 Å². The van der Waals surface area contributed by atoms with Crippen molar-refractivity contribution in [1.29, 1.82) is 0 Å². The fourth-order valence-corrected chi connectivity index (χ4v) is 1.15. The molecule has 0 heterocycles. The first-order valence-corrected chi connectivity index (χ1v) is 4.34. The third kappa shape index (κ3) is 4.27. The molecule has 0 bridgehead atoms. The van der Waals surface area contributed by atoms with Crippen LogP contribution in [0.2, 0.25) is 0 Å². The van der Waals surface area contributed by atoms with Crippen LogP contribution in [-0.2, 0) is 0 Å². The molecule has 0 aromatic rings. The smallest absolute Gasteiger partial charge is 0.101 e. The van der Waals surface area contributed by atoms with Gasteiger partial charge in [0, 0.05) is 52.6 Å². The van der Waals surface area contributed by atoms with E-state index in [1.165, 1.54) is 0 Å². The first kappa shape index (κ1) is 15.4. The van der Waals surface area contributed by atoms with Gasteiger partial charge in [0.2, 0.25) is 0 Å². The maximum absolute atomic E-state index is 9.90. The standard InChI is InChI=1S/C9H19NO.Sm/c1-5-9(11,6-2)8(4)10-7-3;/h11H,5-7H2,1-4H3;. The first-order valence-electron chi connectivity index (χ1n) is 4.34. The molecule has 0 aliphatic heterocycles. The Balaban J connectivity index is 0. The van der Waals surface area contributed by atoms with Gasteiger partial charge in [-0.25, -0.2) is 0 Å². The summed E-state index contributed by atoms with van der Waals surface area (Å²) in [6, 6.07) is 0. The van der Waals surface area contributed by atoms with E-state index in [-0.39, 0.29) is 40.4 Å². The van der Waals surface area contributed by atoms with E-state index in [4.69, 9.17) is 0 Å². The second kappa shape index (κ2) is 7.38. The van der Waals surface area contributed by atoms with Crippen LogP contribution in [0.25, 0.3) is 0 Å². The van der Waals surface area contributed by atoms with Crippen LogP contribution in [-0.4, -0.2) is 23.0 Å². The largest absolute Gasteiger partial charge is 0.384 e. The van der Waals surface area contributed by atoms with Crippen LogP contribution in [0.1, 0.15) is 40.5 Å². The summed E-state index contributed by atoms with van der Waals surface area (Å²) in [6.45, 7) is 8.61. The number of hydrogen-bond donors (Lipinski definition) is 1. The Hall–Kier alpha value is 0.968. The molecule has 0 saturated heterocycles. The summed E-state index contributed by atoms with van der Waals surface area (Å²) in [5.41, 5.74) is 0.209. The van der Waals surface area contributed by atoms with Crippen LogP contribution in [0.15, 0.2) is 4.99 Å². The van der Waals surface area contributed by atoms with E-state index in [2.05, 4.69) is 4.99 Å². The van der Waals surface area contributed by atoms with Crippen molar-refractivity contribution in [1.82, 2.24) is 0 Å². The monoisotopic (exact) mass is 309 g/mol. The molecule has 0 fully saturated rings. The minimum Gasteiger partial charge on any atom is -0.384 e. The quantitative estimate of drug-likeness (QED) is 0.792. The van der Waals surface area contributed by atoms with Gasteiger partial charge in [0.05, 0.1) is 0 Å². The zero-order valence-electron chi connectivity index (χ0n) is 8.42. The van der Waals surface area contributed by atoms with Crippen molar-refractivity contribution < 1.29 is 45.5 Å². The van der Waals surface area contributed by atoms with Gasteiger partial charge in [-0.05, 0) is 26.7 Å². The molecule has 0 aromatic heterocycles. The molecule has 0 amide bonds. The maximum atomic E-state index is 9.90. The zero-order chi connectivity index (χ0) is 8.91. The summed E-state index contributed by atoms with van der Waals surface area (Å²) in [7, 11) is 0. The van der Waals surface area contributed by atoms with E-state index >= 15 is 0 Å². The third-order valence-corrected chi connectivity index (χ3v) is 2.24. The molecule has 0 atom stereocenters. The Kier molecular flexibility index (Phi) is 9.49. The average Bonchev–Trinajstić information content (AvgIpc) is 2.03. The van der Waals surface area contributed by atoms with Crippen molar-refractivity contribution in [3.05, 3.63) is 0 Å². The zero-order valence-corrected chi connectivity index (χ0v) is 11.0. The van der Waals surface area contributed by atoms with Crippen LogP contribution in [0.4, 0.5) is 0 Å². The van der Waals surface area contributed by atoms with Gasteiger partial charge in [-0.1, -0.05) is 13.8 Å². The Morgan fingerprint density at radius 2 is 1.67 bits per heavy atom. The molecular formula is C9H19NOSm. The Morgan fingerprint density at radius 3 is 1.92 bits per heavy atom. The maximum Gasteiger partial charge on any atom is 0.101 e. The van der Waals surface area contributed by atoms with E-state index in [1.807, 2.05) is 27.7 Å².